The van der Waals surface area contributed by atoms with Crippen molar-refractivity contribution in [2.75, 3.05) is 13.1 Å². The summed E-state index contributed by atoms with van der Waals surface area (Å²) in [7, 11) is 0. The van der Waals surface area contributed by atoms with Crippen LogP contribution in [0.5, 0.6) is 0 Å². The van der Waals surface area contributed by atoms with E-state index in [-0.39, 0.29) is 0 Å². The molecule has 0 bridgehead atoms. The van der Waals surface area contributed by atoms with Gasteiger partial charge < -0.3 is 0 Å². The van der Waals surface area contributed by atoms with Gasteiger partial charge in [-0.2, -0.15) is 0 Å². The molecule has 4 rings (SSSR count). The Morgan fingerprint density at radius 1 is 1.18 bits per heavy atom. The van der Waals surface area contributed by atoms with E-state index >= 15 is 0 Å². The summed E-state index contributed by atoms with van der Waals surface area (Å²) >= 11 is 2.03. The number of fused-ring (bicyclic) bond motifs is 4. The number of benzene rings is 1. The van der Waals surface area contributed by atoms with Crippen LogP contribution in [0.3, 0.4) is 0 Å². The lowest BCUT2D eigenvalue weighted by molar-refractivity contribution is 0.264. The van der Waals surface area contributed by atoms with Crippen molar-refractivity contribution >= 4 is 21.4 Å². The maximum atomic E-state index is 2.71. The number of hydrogen-bond acceptors (Lipinski definition) is 2. The molecular weight excluding hydrogens is 226 g/mol. The zero-order valence-electron chi connectivity index (χ0n) is 9.98. The van der Waals surface area contributed by atoms with Gasteiger partial charge in [0.2, 0.25) is 0 Å². The second-order valence-corrected chi connectivity index (χ2v) is 6.42. The van der Waals surface area contributed by atoms with Crippen molar-refractivity contribution < 1.29 is 0 Å². The molecule has 2 aliphatic heterocycles. The fourth-order valence-electron chi connectivity index (χ4n) is 3.48. The van der Waals surface area contributed by atoms with Gasteiger partial charge in [-0.15, -0.1) is 11.3 Å². The van der Waals surface area contributed by atoms with Crippen LogP contribution in [0, 0.1) is 0 Å². The molecule has 1 unspecified atom stereocenters. The van der Waals surface area contributed by atoms with Crippen molar-refractivity contribution in [1.82, 2.24) is 4.90 Å². The average Bonchev–Trinajstić information content (AvgIpc) is 2.90. The Balaban J connectivity index is 1.84. The molecule has 1 aromatic heterocycles. The van der Waals surface area contributed by atoms with Crippen LogP contribution in [-0.4, -0.2) is 24.0 Å². The van der Waals surface area contributed by atoms with Gasteiger partial charge in [0.15, 0.2) is 0 Å². The minimum absolute atomic E-state index is 0.828. The molecule has 88 valence electrons. The van der Waals surface area contributed by atoms with Crippen molar-refractivity contribution in [2.45, 2.75) is 31.7 Å². The van der Waals surface area contributed by atoms with Gasteiger partial charge in [-0.3, -0.25) is 4.90 Å². The standard InChI is InChI=1S/C15H17NS/c1-2-6-14-12(5-1)13-10-11-4-3-8-16(11)9-7-15(13)17-14/h1-2,5-6,11H,3-4,7-10H2. The highest BCUT2D eigenvalue weighted by Crippen LogP contribution is 2.36. The van der Waals surface area contributed by atoms with E-state index in [0.717, 1.165) is 6.04 Å². The summed E-state index contributed by atoms with van der Waals surface area (Å²) < 4.78 is 1.49. The summed E-state index contributed by atoms with van der Waals surface area (Å²) in [6.07, 6.45) is 5.37. The SMILES string of the molecule is c1ccc2c3c(sc2c1)CCN1CCCC1C3. The minimum atomic E-state index is 0.828. The molecule has 2 aliphatic rings. The second-order valence-electron chi connectivity index (χ2n) is 5.29. The van der Waals surface area contributed by atoms with E-state index in [2.05, 4.69) is 29.2 Å². The minimum Gasteiger partial charge on any atom is -0.300 e. The second kappa shape index (κ2) is 3.82. The number of nitrogens with zero attached hydrogens (tertiary/aromatic N) is 1. The van der Waals surface area contributed by atoms with Gasteiger partial charge in [-0.1, -0.05) is 18.2 Å². The summed E-state index contributed by atoms with van der Waals surface area (Å²) in [5.41, 5.74) is 1.67. The maximum absolute atomic E-state index is 2.71. The Hall–Kier alpha value is -0.860. The summed E-state index contributed by atoms with van der Waals surface area (Å²) in [5.74, 6) is 0. The Labute approximate surface area is 106 Å². The lowest BCUT2D eigenvalue weighted by Crippen LogP contribution is -2.30. The molecule has 0 spiro atoms. The number of hydrogen-bond donors (Lipinski definition) is 0. The van der Waals surface area contributed by atoms with E-state index in [1.807, 2.05) is 11.3 Å². The molecule has 0 aliphatic carbocycles. The van der Waals surface area contributed by atoms with Crippen molar-refractivity contribution in [1.29, 1.82) is 0 Å². The summed E-state index contributed by atoms with van der Waals surface area (Å²) in [6, 6.07) is 9.78. The largest absolute Gasteiger partial charge is 0.300 e. The normalized spacial score (nSPS) is 24.6. The van der Waals surface area contributed by atoms with Gasteiger partial charge in [0.05, 0.1) is 0 Å². The predicted octanol–water partition coefficient (Wildman–Crippen LogP) is 3.46. The molecule has 0 saturated carbocycles. The van der Waals surface area contributed by atoms with Crippen LogP contribution >= 0.6 is 11.3 Å². The van der Waals surface area contributed by atoms with E-state index < -0.39 is 0 Å². The van der Waals surface area contributed by atoms with Crippen LogP contribution in [0.15, 0.2) is 24.3 Å². The molecule has 1 aromatic carbocycles. The zero-order valence-corrected chi connectivity index (χ0v) is 10.8. The van der Waals surface area contributed by atoms with E-state index in [4.69, 9.17) is 0 Å². The lowest BCUT2D eigenvalue weighted by atomic mass is 10.0. The molecule has 1 atom stereocenters. The van der Waals surface area contributed by atoms with Crippen molar-refractivity contribution in [3.63, 3.8) is 0 Å². The number of rotatable bonds is 0. The van der Waals surface area contributed by atoms with Gasteiger partial charge in [0, 0.05) is 22.2 Å². The first-order chi connectivity index (χ1) is 8.42. The molecule has 17 heavy (non-hydrogen) atoms. The first-order valence-electron chi connectivity index (χ1n) is 6.65. The van der Waals surface area contributed by atoms with Crippen LogP contribution in [0.4, 0.5) is 0 Å². The average molecular weight is 243 g/mol. The van der Waals surface area contributed by atoms with Gasteiger partial charge in [0.25, 0.3) is 0 Å². The molecule has 2 aromatic rings. The van der Waals surface area contributed by atoms with E-state index in [1.165, 1.54) is 48.9 Å². The highest BCUT2D eigenvalue weighted by Gasteiger charge is 2.29. The first-order valence-corrected chi connectivity index (χ1v) is 7.47. The van der Waals surface area contributed by atoms with E-state index in [9.17, 15) is 0 Å². The molecule has 0 radical (unpaired) electrons. The molecular formula is C15H17NS. The molecule has 1 nitrogen and oxygen atoms in total. The van der Waals surface area contributed by atoms with Crippen LogP contribution < -0.4 is 0 Å². The Bertz CT molecular complexity index is 557. The van der Waals surface area contributed by atoms with Crippen LogP contribution in [-0.2, 0) is 12.8 Å². The zero-order chi connectivity index (χ0) is 11.2. The summed E-state index contributed by atoms with van der Waals surface area (Å²) in [5, 5.41) is 1.53. The smallest absolute Gasteiger partial charge is 0.0348 e. The number of thiophene rings is 1. The van der Waals surface area contributed by atoms with Crippen molar-refractivity contribution in [3.05, 3.63) is 34.7 Å². The van der Waals surface area contributed by atoms with Gasteiger partial charge in [-0.25, -0.2) is 0 Å². The first kappa shape index (κ1) is 10.1. The highest BCUT2D eigenvalue weighted by molar-refractivity contribution is 7.19. The van der Waals surface area contributed by atoms with E-state index in [1.54, 1.807) is 10.4 Å². The highest BCUT2D eigenvalue weighted by atomic mass is 32.1. The van der Waals surface area contributed by atoms with Crippen molar-refractivity contribution in [2.24, 2.45) is 0 Å². The van der Waals surface area contributed by atoms with Gasteiger partial charge in [-0.05, 0) is 49.2 Å². The molecule has 0 N–H and O–H groups in total. The lowest BCUT2D eigenvalue weighted by Gasteiger charge is -2.21. The predicted molar refractivity (Wildman–Crippen MR) is 73.8 cm³/mol. The third-order valence-corrected chi connectivity index (χ3v) is 5.62. The van der Waals surface area contributed by atoms with Gasteiger partial charge >= 0.3 is 0 Å². The molecule has 1 fully saturated rings. The third-order valence-electron chi connectivity index (χ3n) is 4.35. The van der Waals surface area contributed by atoms with Crippen LogP contribution in [0.25, 0.3) is 10.1 Å². The van der Waals surface area contributed by atoms with Crippen molar-refractivity contribution in [3.8, 4) is 0 Å². The Kier molecular flexibility index (Phi) is 2.27. The fourth-order valence-corrected chi connectivity index (χ4v) is 4.70. The monoisotopic (exact) mass is 243 g/mol. The Morgan fingerprint density at radius 2 is 2.12 bits per heavy atom. The summed E-state index contributed by atoms with van der Waals surface area (Å²) in [4.78, 5) is 4.36. The van der Waals surface area contributed by atoms with Crippen LogP contribution in [0.1, 0.15) is 23.3 Å². The van der Waals surface area contributed by atoms with E-state index in [0.29, 0.717) is 0 Å². The quantitative estimate of drug-likeness (QED) is 0.685. The molecule has 1 saturated heterocycles. The molecule has 0 amide bonds. The molecule has 3 heterocycles. The topological polar surface area (TPSA) is 3.24 Å². The molecule has 2 heteroatoms. The summed E-state index contributed by atoms with van der Waals surface area (Å²) in [6.45, 7) is 2.61. The van der Waals surface area contributed by atoms with Gasteiger partial charge in [0.1, 0.15) is 0 Å². The maximum Gasteiger partial charge on any atom is 0.0348 e. The van der Waals surface area contributed by atoms with Crippen LogP contribution in [0.2, 0.25) is 0 Å². The third kappa shape index (κ3) is 1.54. The Morgan fingerprint density at radius 3 is 3.12 bits per heavy atom. The fraction of sp³-hybridized carbons (Fsp3) is 0.467.